The maximum Gasteiger partial charge on any atom is 0.142 e. The van der Waals surface area contributed by atoms with Crippen LogP contribution in [0, 0.1) is 0 Å². The SMILES string of the molecule is CC(C)(CNc1cccc(NN)n1)c1cccs1. The molecule has 2 aromatic rings. The summed E-state index contributed by atoms with van der Waals surface area (Å²) >= 11 is 1.78. The summed E-state index contributed by atoms with van der Waals surface area (Å²) in [5.41, 5.74) is 2.63. The van der Waals surface area contributed by atoms with Crippen molar-refractivity contribution in [1.29, 1.82) is 0 Å². The van der Waals surface area contributed by atoms with Crippen molar-refractivity contribution in [3.63, 3.8) is 0 Å². The van der Waals surface area contributed by atoms with Crippen molar-refractivity contribution in [3.8, 4) is 0 Å². The number of aromatic nitrogens is 1. The van der Waals surface area contributed by atoms with E-state index in [1.807, 2.05) is 18.2 Å². The smallest absolute Gasteiger partial charge is 0.142 e. The van der Waals surface area contributed by atoms with Crippen LogP contribution in [0.1, 0.15) is 18.7 Å². The van der Waals surface area contributed by atoms with E-state index in [1.54, 1.807) is 11.3 Å². The normalized spacial score (nSPS) is 11.3. The van der Waals surface area contributed by atoms with E-state index in [4.69, 9.17) is 5.84 Å². The predicted octanol–water partition coefficient (Wildman–Crippen LogP) is 2.82. The highest BCUT2D eigenvalue weighted by Gasteiger charge is 2.21. The lowest BCUT2D eigenvalue weighted by Crippen LogP contribution is -2.27. The highest BCUT2D eigenvalue weighted by atomic mass is 32.1. The molecule has 0 bridgehead atoms. The number of hydrogen-bond donors (Lipinski definition) is 3. The molecule has 0 spiro atoms. The van der Waals surface area contributed by atoms with Crippen LogP contribution in [0.2, 0.25) is 0 Å². The van der Waals surface area contributed by atoms with Gasteiger partial charge < -0.3 is 10.7 Å². The fourth-order valence-electron chi connectivity index (χ4n) is 1.68. The highest BCUT2D eigenvalue weighted by molar-refractivity contribution is 7.10. The fraction of sp³-hybridized carbons (Fsp3) is 0.308. The molecular formula is C13H18N4S. The highest BCUT2D eigenvalue weighted by Crippen LogP contribution is 2.27. The van der Waals surface area contributed by atoms with E-state index in [-0.39, 0.29) is 5.41 Å². The second-order valence-corrected chi connectivity index (χ2v) is 5.71. The third kappa shape index (κ3) is 3.00. The lowest BCUT2D eigenvalue weighted by atomic mass is 9.91. The molecule has 0 saturated heterocycles. The molecule has 18 heavy (non-hydrogen) atoms. The van der Waals surface area contributed by atoms with Gasteiger partial charge in [-0.15, -0.1) is 11.3 Å². The first kappa shape index (κ1) is 12.9. The summed E-state index contributed by atoms with van der Waals surface area (Å²) in [6.45, 7) is 5.27. The number of thiophene rings is 1. The molecular weight excluding hydrogens is 244 g/mol. The number of nitrogen functional groups attached to an aromatic ring is 1. The van der Waals surface area contributed by atoms with Crippen molar-refractivity contribution < 1.29 is 0 Å². The minimum atomic E-state index is 0.0853. The van der Waals surface area contributed by atoms with E-state index < -0.39 is 0 Å². The van der Waals surface area contributed by atoms with E-state index in [0.29, 0.717) is 5.82 Å². The van der Waals surface area contributed by atoms with Crippen molar-refractivity contribution in [1.82, 2.24) is 4.98 Å². The minimum Gasteiger partial charge on any atom is -0.369 e. The molecule has 0 aliphatic carbocycles. The van der Waals surface area contributed by atoms with Crippen LogP contribution in [0.4, 0.5) is 11.6 Å². The van der Waals surface area contributed by atoms with Gasteiger partial charge in [-0.3, -0.25) is 0 Å². The quantitative estimate of drug-likeness (QED) is 0.573. The zero-order chi connectivity index (χ0) is 13.0. The van der Waals surface area contributed by atoms with Crippen LogP contribution in [-0.4, -0.2) is 11.5 Å². The Morgan fingerprint density at radius 3 is 2.67 bits per heavy atom. The Morgan fingerprint density at radius 1 is 1.22 bits per heavy atom. The van der Waals surface area contributed by atoms with Crippen molar-refractivity contribution in [2.45, 2.75) is 19.3 Å². The molecule has 4 N–H and O–H groups in total. The molecule has 2 heterocycles. The summed E-state index contributed by atoms with van der Waals surface area (Å²) in [4.78, 5) is 5.70. The Bertz CT molecular complexity index is 493. The number of pyridine rings is 1. The first-order valence-corrected chi connectivity index (χ1v) is 6.71. The van der Waals surface area contributed by atoms with Crippen LogP contribution in [0.15, 0.2) is 35.7 Å². The molecule has 0 atom stereocenters. The summed E-state index contributed by atoms with van der Waals surface area (Å²) in [5, 5.41) is 5.45. The maximum atomic E-state index is 5.34. The molecule has 5 heteroatoms. The van der Waals surface area contributed by atoms with Gasteiger partial charge in [0.2, 0.25) is 0 Å². The lowest BCUT2D eigenvalue weighted by molar-refractivity contribution is 0.568. The molecule has 0 fully saturated rings. The average molecular weight is 262 g/mol. The number of nitrogens with two attached hydrogens (primary N) is 1. The molecule has 2 aromatic heterocycles. The Hall–Kier alpha value is -1.59. The summed E-state index contributed by atoms with van der Waals surface area (Å²) in [5.74, 6) is 6.83. The summed E-state index contributed by atoms with van der Waals surface area (Å²) in [6.07, 6.45) is 0. The second kappa shape index (κ2) is 5.37. The standard InChI is InChI=1S/C13H18N4S/c1-13(2,10-5-4-8-18-10)9-15-11-6-3-7-12(16-11)17-14/h3-8H,9,14H2,1-2H3,(H2,15,16,17). The van der Waals surface area contributed by atoms with Gasteiger partial charge >= 0.3 is 0 Å². The van der Waals surface area contributed by atoms with Gasteiger partial charge in [0.1, 0.15) is 11.6 Å². The van der Waals surface area contributed by atoms with Gasteiger partial charge in [-0.2, -0.15) is 0 Å². The van der Waals surface area contributed by atoms with Crippen LogP contribution in [0.5, 0.6) is 0 Å². The number of nitrogens with one attached hydrogen (secondary N) is 2. The van der Waals surface area contributed by atoms with Gasteiger partial charge in [0.25, 0.3) is 0 Å². The topological polar surface area (TPSA) is 63.0 Å². The van der Waals surface area contributed by atoms with E-state index in [1.165, 1.54) is 4.88 Å². The van der Waals surface area contributed by atoms with Gasteiger partial charge in [-0.25, -0.2) is 10.8 Å². The lowest BCUT2D eigenvalue weighted by Gasteiger charge is -2.24. The fourth-order valence-corrected chi connectivity index (χ4v) is 2.53. The van der Waals surface area contributed by atoms with Gasteiger partial charge in [-0.1, -0.05) is 26.0 Å². The van der Waals surface area contributed by atoms with Crippen molar-refractivity contribution >= 4 is 23.0 Å². The van der Waals surface area contributed by atoms with E-state index >= 15 is 0 Å². The number of hydrogen-bond acceptors (Lipinski definition) is 5. The third-order valence-electron chi connectivity index (χ3n) is 2.80. The number of rotatable bonds is 5. The van der Waals surface area contributed by atoms with Gasteiger partial charge in [0.05, 0.1) is 0 Å². The van der Waals surface area contributed by atoms with Crippen molar-refractivity contribution in [2.75, 3.05) is 17.3 Å². The van der Waals surface area contributed by atoms with Crippen LogP contribution >= 0.6 is 11.3 Å². The zero-order valence-electron chi connectivity index (χ0n) is 10.6. The Morgan fingerprint density at radius 2 is 2.00 bits per heavy atom. The van der Waals surface area contributed by atoms with Crippen LogP contribution in [0.25, 0.3) is 0 Å². The summed E-state index contributed by atoms with van der Waals surface area (Å²) in [7, 11) is 0. The molecule has 2 rings (SSSR count). The maximum absolute atomic E-state index is 5.34. The molecule has 96 valence electrons. The summed E-state index contributed by atoms with van der Waals surface area (Å²) < 4.78 is 0. The molecule has 0 amide bonds. The van der Waals surface area contributed by atoms with Crippen LogP contribution in [-0.2, 0) is 5.41 Å². The minimum absolute atomic E-state index is 0.0853. The molecule has 0 radical (unpaired) electrons. The van der Waals surface area contributed by atoms with E-state index in [0.717, 1.165) is 12.4 Å². The molecule has 0 saturated carbocycles. The number of anilines is 2. The Balaban J connectivity index is 2.02. The van der Waals surface area contributed by atoms with Crippen molar-refractivity contribution in [3.05, 3.63) is 40.6 Å². The molecule has 0 aliphatic rings. The van der Waals surface area contributed by atoms with Crippen LogP contribution in [0.3, 0.4) is 0 Å². The average Bonchev–Trinajstić information content (AvgIpc) is 2.91. The first-order chi connectivity index (χ1) is 8.62. The monoisotopic (exact) mass is 262 g/mol. The molecule has 0 aromatic carbocycles. The van der Waals surface area contributed by atoms with Crippen molar-refractivity contribution in [2.24, 2.45) is 5.84 Å². The van der Waals surface area contributed by atoms with E-state index in [2.05, 4.69) is 47.1 Å². The largest absolute Gasteiger partial charge is 0.369 e. The van der Waals surface area contributed by atoms with Gasteiger partial charge in [-0.05, 0) is 23.6 Å². The molecule has 0 aliphatic heterocycles. The van der Waals surface area contributed by atoms with Gasteiger partial charge in [0, 0.05) is 16.8 Å². The zero-order valence-corrected chi connectivity index (χ0v) is 11.4. The van der Waals surface area contributed by atoms with Crippen LogP contribution < -0.4 is 16.6 Å². The second-order valence-electron chi connectivity index (χ2n) is 4.77. The Labute approximate surface area is 111 Å². The Kier molecular flexibility index (Phi) is 3.84. The van der Waals surface area contributed by atoms with E-state index in [9.17, 15) is 0 Å². The molecule has 4 nitrogen and oxygen atoms in total. The number of nitrogens with zero attached hydrogens (tertiary/aromatic N) is 1. The predicted molar refractivity (Wildman–Crippen MR) is 77.9 cm³/mol. The third-order valence-corrected chi connectivity index (χ3v) is 4.03. The first-order valence-electron chi connectivity index (χ1n) is 5.83. The summed E-state index contributed by atoms with van der Waals surface area (Å²) in [6, 6.07) is 9.93. The molecule has 0 unspecified atom stereocenters. The number of hydrazine groups is 1. The van der Waals surface area contributed by atoms with Gasteiger partial charge in [0.15, 0.2) is 0 Å².